The second kappa shape index (κ2) is 10.8. The van der Waals surface area contributed by atoms with Crippen LogP contribution in [0.15, 0.2) is 48.5 Å². The molecule has 0 radical (unpaired) electrons. The highest BCUT2D eigenvalue weighted by atomic mass is 16.5. The van der Waals surface area contributed by atoms with Gasteiger partial charge in [0, 0.05) is 44.8 Å². The first kappa shape index (κ1) is 20.3. The maximum atomic E-state index is 12.2. The minimum atomic E-state index is 0.0508. The van der Waals surface area contributed by atoms with E-state index in [-0.39, 0.29) is 5.91 Å². The molecular formula is C22H29N3O3. The monoisotopic (exact) mass is 383 g/mol. The first-order valence-electron chi connectivity index (χ1n) is 9.75. The molecular weight excluding hydrogens is 354 g/mol. The van der Waals surface area contributed by atoms with E-state index in [4.69, 9.17) is 9.47 Å². The molecule has 2 aromatic carbocycles. The molecule has 2 aromatic rings. The van der Waals surface area contributed by atoms with Crippen molar-refractivity contribution in [1.82, 2.24) is 10.2 Å². The van der Waals surface area contributed by atoms with Crippen molar-refractivity contribution in [3.8, 4) is 5.75 Å². The molecule has 150 valence electrons. The average molecular weight is 383 g/mol. The molecule has 0 spiro atoms. The largest absolute Gasteiger partial charge is 0.497 e. The number of hydrogen-bond acceptors (Lipinski definition) is 5. The van der Waals surface area contributed by atoms with Crippen LogP contribution in [0, 0.1) is 0 Å². The topological polar surface area (TPSA) is 62.8 Å². The highest BCUT2D eigenvalue weighted by molar-refractivity contribution is 5.90. The molecule has 6 heteroatoms. The van der Waals surface area contributed by atoms with Gasteiger partial charge in [0.2, 0.25) is 5.91 Å². The fraction of sp³-hybridized carbons (Fsp3) is 0.409. The van der Waals surface area contributed by atoms with Gasteiger partial charge in [-0.2, -0.15) is 0 Å². The molecule has 0 aromatic heterocycles. The zero-order chi connectivity index (χ0) is 19.6. The predicted molar refractivity (Wildman–Crippen MR) is 110 cm³/mol. The normalized spacial score (nSPS) is 14.6. The minimum absolute atomic E-state index is 0.0508. The lowest BCUT2D eigenvalue weighted by atomic mass is 10.1. The van der Waals surface area contributed by atoms with Crippen molar-refractivity contribution in [3.63, 3.8) is 0 Å². The molecule has 6 nitrogen and oxygen atoms in total. The van der Waals surface area contributed by atoms with Crippen molar-refractivity contribution in [2.75, 3.05) is 45.3 Å². The number of morpholine rings is 1. The first-order chi connectivity index (χ1) is 13.7. The van der Waals surface area contributed by atoms with Crippen LogP contribution in [0.2, 0.25) is 0 Å². The number of methoxy groups -OCH3 is 1. The van der Waals surface area contributed by atoms with E-state index in [0.29, 0.717) is 6.42 Å². The summed E-state index contributed by atoms with van der Waals surface area (Å²) in [6.45, 7) is 5.62. The van der Waals surface area contributed by atoms with E-state index in [1.54, 1.807) is 7.11 Å². The summed E-state index contributed by atoms with van der Waals surface area (Å²) in [4.78, 5) is 14.5. The van der Waals surface area contributed by atoms with Crippen LogP contribution in [-0.2, 0) is 22.6 Å². The van der Waals surface area contributed by atoms with Crippen LogP contribution in [0.3, 0.4) is 0 Å². The van der Waals surface area contributed by atoms with Crippen LogP contribution in [0.5, 0.6) is 5.75 Å². The molecule has 0 saturated carbocycles. The van der Waals surface area contributed by atoms with E-state index < -0.39 is 0 Å². The van der Waals surface area contributed by atoms with Gasteiger partial charge in [-0.1, -0.05) is 24.3 Å². The molecule has 0 unspecified atom stereocenters. The van der Waals surface area contributed by atoms with Gasteiger partial charge >= 0.3 is 0 Å². The summed E-state index contributed by atoms with van der Waals surface area (Å²) in [5.74, 6) is 0.913. The van der Waals surface area contributed by atoms with E-state index in [0.717, 1.165) is 62.9 Å². The van der Waals surface area contributed by atoms with E-state index >= 15 is 0 Å². The van der Waals surface area contributed by atoms with Gasteiger partial charge in [-0.15, -0.1) is 0 Å². The number of nitrogens with zero attached hydrogens (tertiary/aromatic N) is 1. The zero-order valence-corrected chi connectivity index (χ0v) is 16.4. The lowest BCUT2D eigenvalue weighted by Gasteiger charge is -2.26. The Bertz CT molecular complexity index is 743. The standard InChI is InChI=1S/C22H29N3O3/c1-27-21-7-5-18(6-8-21)16-23-17-19-3-2-4-20(15-19)24-22(26)9-10-25-11-13-28-14-12-25/h2-8,15,23H,9-14,16-17H2,1H3,(H,24,26). The Kier molecular flexibility index (Phi) is 7.84. The van der Waals surface area contributed by atoms with Crippen molar-refractivity contribution in [3.05, 3.63) is 59.7 Å². The average Bonchev–Trinajstić information content (AvgIpc) is 2.74. The molecule has 1 aliphatic rings. The smallest absolute Gasteiger partial charge is 0.225 e. The zero-order valence-electron chi connectivity index (χ0n) is 16.4. The third-order valence-corrected chi connectivity index (χ3v) is 4.79. The van der Waals surface area contributed by atoms with Gasteiger partial charge in [0.1, 0.15) is 5.75 Å². The summed E-state index contributed by atoms with van der Waals surface area (Å²) < 4.78 is 10.5. The SMILES string of the molecule is COc1ccc(CNCc2cccc(NC(=O)CCN3CCOCC3)c2)cc1. The van der Waals surface area contributed by atoms with Crippen molar-refractivity contribution in [2.45, 2.75) is 19.5 Å². The molecule has 1 aliphatic heterocycles. The summed E-state index contributed by atoms with van der Waals surface area (Å²) in [6.07, 6.45) is 0.500. The van der Waals surface area contributed by atoms with Crippen LogP contribution in [0.4, 0.5) is 5.69 Å². The minimum Gasteiger partial charge on any atom is -0.497 e. The molecule has 28 heavy (non-hydrogen) atoms. The Morgan fingerprint density at radius 1 is 1.07 bits per heavy atom. The summed E-state index contributed by atoms with van der Waals surface area (Å²) in [7, 11) is 1.67. The quantitative estimate of drug-likeness (QED) is 0.697. The van der Waals surface area contributed by atoms with Gasteiger partial charge < -0.3 is 20.1 Å². The van der Waals surface area contributed by atoms with Gasteiger partial charge in [0.15, 0.2) is 0 Å². The maximum Gasteiger partial charge on any atom is 0.225 e. The number of carbonyl (C=O) groups is 1. The molecule has 0 bridgehead atoms. The van der Waals surface area contributed by atoms with Gasteiger partial charge in [-0.3, -0.25) is 9.69 Å². The van der Waals surface area contributed by atoms with Crippen LogP contribution in [0.1, 0.15) is 17.5 Å². The molecule has 1 fully saturated rings. The molecule has 1 heterocycles. The number of amides is 1. The fourth-order valence-electron chi connectivity index (χ4n) is 3.16. The summed E-state index contributed by atoms with van der Waals surface area (Å²) in [6, 6.07) is 16.0. The Balaban J connectivity index is 1.41. The van der Waals surface area contributed by atoms with Crippen LogP contribution < -0.4 is 15.4 Å². The van der Waals surface area contributed by atoms with Crippen molar-refractivity contribution in [2.24, 2.45) is 0 Å². The third-order valence-electron chi connectivity index (χ3n) is 4.79. The highest BCUT2D eigenvalue weighted by Crippen LogP contribution is 2.13. The van der Waals surface area contributed by atoms with Crippen molar-refractivity contribution >= 4 is 11.6 Å². The van der Waals surface area contributed by atoms with Crippen LogP contribution in [-0.4, -0.2) is 50.8 Å². The van der Waals surface area contributed by atoms with Gasteiger partial charge in [-0.05, 0) is 35.4 Å². The molecule has 1 saturated heterocycles. The third kappa shape index (κ3) is 6.64. The van der Waals surface area contributed by atoms with E-state index in [2.05, 4.69) is 33.7 Å². The van der Waals surface area contributed by atoms with Gasteiger partial charge in [0.25, 0.3) is 0 Å². The van der Waals surface area contributed by atoms with Gasteiger partial charge in [0.05, 0.1) is 20.3 Å². The Morgan fingerprint density at radius 2 is 1.82 bits per heavy atom. The Labute approximate surface area is 166 Å². The molecule has 0 atom stereocenters. The number of carbonyl (C=O) groups excluding carboxylic acids is 1. The second-order valence-corrected chi connectivity index (χ2v) is 6.90. The number of hydrogen-bond donors (Lipinski definition) is 2. The first-order valence-corrected chi connectivity index (χ1v) is 9.75. The summed E-state index contributed by atoms with van der Waals surface area (Å²) in [5.41, 5.74) is 3.18. The number of ether oxygens (including phenoxy) is 2. The predicted octanol–water partition coefficient (Wildman–Crippen LogP) is 2.65. The number of nitrogens with one attached hydrogen (secondary N) is 2. The fourth-order valence-corrected chi connectivity index (χ4v) is 3.16. The molecule has 2 N–H and O–H groups in total. The van der Waals surface area contributed by atoms with E-state index in [1.807, 2.05) is 30.3 Å². The Hall–Kier alpha value is -2.41. The van der Waals surface area contributed by atoms with E-state index in [9.17, 15) is 4.79 Å². The molecule has 3 rings (SSSR count). The number of anilines is 1. The van der Waals surface area contributed by atoms with Crippen LogP contribution >= 0.6 is 0 Å². The van der Waals surface area contributed by atoms with Crippen molar-refractivity contribution < 1.29 is 14.3 Å². The molecule has 1 amide bonds. The summed E-state index contributed by atoms with van der Waals surface area (Å²) in [5, 5.41) is 6.44. The second-order valence-electron chi connectivity index (χ2n) is 6.90. The number of benzene rings is 2. The van der Waals surface area contributed by atoms with Crippen molar-refractivity contribution in [1.29, 1.82) is 0 Å². The van der Waals surface area contributed by atoms with E-state index in [1.165, 1.54) is 5.56 Å². The Morgan fingerprint density at radius 3 is 2.57 bits per heavy atom. The lowest BCUT2D eigenvalue weighted by molar-refractivity contribution is -0.116. The highest BCUT2D eigenvalue weighted by Gasteiger charge is 2.12. The lowest BCUT2D eigenvalue weighted by Crippen LogP contribution is -2.38. The van der Waals surface area contributed by atoms with Crippen LogP contribution in [0.25, 0.3) is 0 Å². The number of rotatable bonds is 9. The van der Waals surface area contributed by atoms with Gasteiger partial charge in [-0.25, -0.2) is 0 Å². The molecule has 0 aliphatic carbocycles. The summed E-state index contributed by atoms with van der Waals surface area (Å²) >= 11 is 0. The maximum absolute atomic E-state index is 12.2.